The molecule has 0 saturated heterocycles. The van der Waals surface area contributed by atoms with Gasteiger partial charge in [-0.25, -0.2) is 9.37 Å². The van der Waals surface area contributed by atoms with E-state index in [1.165, 1.54) is 18.3 Å². The minimum Gasteiger partial charge on any atom is -0.382 e. The number of aromatic nitrogens is 3. The molecule has 0 fully saturated rings. The highest BCUT2D eigenvalue weighted by Gasteiger charge is 2.12. The number of nitrogens with two attached hydrogens (primary N) is 1. The monoisotopic (exact) mass is 316 g/mol. The number of rotatable bonds is 2. The van der Waals surface area contributed by atoms with Gasteiger partial charge >= 0.3 is 0 Å². The first-order chi connectivity index (χ1) is 11.7. The molecule has 4 nitrogen and oxygen atoms in total. The van der Waals surface area contributed by atoms with Crippen molar-refractivity contribution in [3.63, 3.8) is 0 Å². The molecule has 0 amide bonds. The highest BCUT2D eigenvalue weighted by atomic mass is 19.1. The maximum Gasteiger partial charge on any atom is 0.142 e. The number of anilines is 1. The molecule has 0 atom stereocenters. The number of halogens is 1. The Bertz CT molecular complexity index is 1030. The van der Waals surface area contributed by atoms with Crippen LogP contribution in [0.25, 0.3) is 33.4 Å². The molecular weight excluding hydrogens is 303 g/mol. The van der Waals surface area contributed by atoms with Crippen LogP contribution in [0.3, 0.4) is 0 Å². The fraction of sp³-hybridized carbons (Fsp3) is 0. The molecule has 2 aromatic heterocycles. The van der Waals surface area contributed by atoms with Gasteiger partial charge in [0.15, 0.2) is 0 Å². The van der Waals surface area contributed by atoms with Crippen LogP contribution in [0.15, 0.2) is 67.0 Å². The van der Waals surface area contributed by atoms with Gasteiger partial charge in [0.25, 0.3) is 0 Å². The van der Waals surface area contributed by atoms with Crippen LogP contribution in [0.4, 0.5) is 10.2 Å². The van der Waals surface area contributed by atoms with Gasteiger partial charge < -0.3 is 5.73 Å². The zero-order valence-corrected chi connectivity index (χ0v) is 12.6. The van der Waals surface area contributed by atoms with Crippen LogP contribution < -0.4 is 5.73 Å². The average Bonchev–Trinajstić information content (AvgIpc) is 2.62. The Balaban J connectivity index is 1.92. The summed E-state index contributed by atoms with van der Waals surface area (Å²) in [4.78, 5) is 13.2. The first-order valence-electron chi connectivity index (χ1n) is 7.44. The number of benzene rings is 2. The smallest absolute Gasteiger partial charge is 0.142 e. The van der Waals surface area contributed by atoms with Gasteiger partial charge in [-0.3, -0.25) is 9.97 Å². The highest BCUT2D eigenvalue weighted by Crippen LogP contribution is 2.31. The number of hydrogen-bond donors (Lipinski definition) is 1. The highest BCUT2D eigenvalue weighted by molar-refractivity contribution is 5.87. The van der Waals surface area contributed by atoms with E-state index in [9.17, 15) is 4.39 Å². The van der Waals surface area contributed by atoms with Crippen LogP contribution in [-0.4, -0.2) is 15.0 Å². The van der Waals surface area contributed by atoms with Crippen LogP contribution in [0.5, 0.6) is 0 Å². The van der Waals surface area contributed by atoms with Crippen molar-refractivity contribution < 1.29 is 4.39 Å². The van der Waals surface area contributed by atoms with Gasteiger partial charge in [0.1, 0.15) is 11.6 Å². The molecule has 2 aromatic carbocycles. The molecule has 2 N–H and O–H groups in total. The Morgan fingerprint density at radius 3 is 2.46 bits per heavy atom. The summed E-state index contributed by atoms with van der Waals surface area (Å²) in [7, 11) is 0. The van der Waals surface area contributed by atoms with Crippen molar-refractivity contribution in [3.8, 4) is 22.5 Å². The number of fused-ring (bicyclic) bond motifs is 1. The lowest BCUT2D eigenvalue weighted by Crippen LogP contribution is -1.98. The summed E-state index contributed by atoms with van der Waals surface area (Å²) in [5, 5.41) is 1.01. The van der Waals surface area contributed by atoms with Gasteiger partial charge in [0.05, 0.1) is 23.1 Å². The molecule has 0 aliphatic carbocycles. The summed E-state index contributed by atoms with van der Waals surface area (Å²) in [6, 6.07) is 15.9. The van der Waals surface area contributed by atoms with Crippen molar-refractivity contribution in [1.82, 2.24) is 15.0 Å². The molecule has 5 heteroatoms. The first-order valence-corrected chi connectivity index (χ1v) is 7.44. The molecule has 0 aliphatic rings. The van der Waals surface area contributed by atoms with Crippen LogP contribution in [0, 0.1) is 5.82 Å². The molecular formula is C19H13FN4. The fourth-order valence-electron chi connectivity index (χ4n) is 2.65. The van der Waals surface area contributed by atoms with Crippen LogP contribution in [0.1, 0.15) is 0 Å². The van der Waals surface area contributed by atoms with E-state index in [0.29, 0.717) is 17.2 Å². The molecule has 0 saturated carbocycles. The predicted octanol–water partition coefficient (Wildman–Crippen LogP) is 4.08. The Kier molecular flexibility index (Phi) is 3.39. The molecule has 0 radical (unpaired) electrons. The Labute approximate surface area is 137 Å². The second-order valence-electron chi connectivity index (χ2n) is 5.41. The molecule has 0 aliphatic heterocycles. The zero-order valence-electron chi connectivity index (χ0n) is 12.6. The summed E-state index contributed by atoms with van der Waals surface area (Å²) >= 11 is 0. The summed E-state index contributed by atoms with van der Waals surface area (Å²) in [5.41, 5.74) is 9.70. The van der Waals surface area contributed by atoms with E-state index in [-0.39, 0.29) is 5.82 Å². The first kappa shape index (κ1) is 14.3. The van der Waals surface area contributed by atoms with Crippen molar-refractivity contribution >= 4 is 16.7 Å². The van der Waals surface area contributed by atoms with Crippen molar-refractivity contribution in [2.45, 2.75) is 0 Å². The topological polar surface area (TPSA) is 64.7 Å². The van der Waals surface area contributed by atoms with Crippen molar-refractivity contribution in [2.24, 2.45) is 0 Å². The Morgan fingerprint density at radius 1 is 0.833 bits per heavy atom. The summed E-state index contributed by atoms with van der Waals surface area (Å²) in [6.07, 6.45) is 3.28. The molecule has 4 aromatic rings. The van der Waals surface area contributed by atoms with Gasteiger partial charge in [-0.15, -0.1) is 0 Å². The van der Waals surface area contributed by atoms with Gasteiger partial charge in [-0.1, -0.05) is 12.1 Å². The van der Waals surface area contributed by atoms with E-state index in [4.69, 9.17) is 5.73 Å². The second kappa shape index (κ2) is 5.70. The standard InChI is InChI=1S/C19H13FN4/c20-15-6-3-12(4-7-15)19-18(23-11-17(21)24-19)14-5-8-16-13(10-14)2-1-9-22-16/h1-11H,(H2,21,24). The zero-order chi connectivity index (χ0) is 16.5. The third-order valence-electron chi connectivity index (χ3n) is 3.79. The summed E-state index contributed by atoms with van der Waals surface area (Å²) < 4.78 is 13.2. The van der Waals surface area contributed by atoms with E-state index >= 15 is 0 Å². The van der Waals surface area contributed by atoms with E-state index < -0.39 is 0 Å². The van der Waals surface area contributed by atoms with E-state index in [1.807, 2.05) is 30.3 Å². The molecule has 24 heavy (non-hydrogen) atoms. The van der Waals surface area contributed by atoms with Gasteiger partial charge in [-0.05, 0) is 42.5 Å². The predicted molar refractivity (Wildman–Crippen MR) is 92.6 cm³/mol. The molecule has 2 heterocycles. The fourth-order valence-corrected chi connectivity index (χ4v) is 2.65. The average molecular weight is 316 g/mol. The van der Waals surface area contributed by atoms with Crippen molar-refractivity contribution in [3.05, 3.63) is 72.8 Å². The number of hydrogen-bond acceptors (Lipinski definition) is 4. The Hall–Kier alpha value is -3.34. The largest absolute Gasteiger partial charge is 0.382 e. The summed E-state index contributed by atoms with van der Waals surface area (Å²) in [5.74, 6) is 0.0227. The molecule has 0 spiro atoms. The minimum atomic E-state index is -0.297. The molecule has 0 bridgehead atoms. The summed E-state index contributed by atoms with van der Waals surface area (Å²) in [6.45, 7) is 0. The van der Waals surface area contributed by atoms with Crippen LogP contribution >= 0.6 is 0 Å². The van der Waals surface area contributed by atoms with Crippen LogP contribution in [-0.2, 0) is 0 Å². The lowest BCUT2D eigenvalue weighted by Gasteiger charge is -2.10. The normalized spacial score (nSPS) is 10.9. The molecule has 0 unspecified atom stereocenters. The number of nitrogens with zero attached hydrogens (tertiary/aromatic N) is 3. The molecule has 116 valence electrons. The molecule has 4 rings (SSSR count). The van der Waals surface area contributed by atoms with Crippen LogP contribution in [0.2, 0.25) is 0 Å². The SMILES string of the molecule is Nc1cnc(-c2ccc3ncccc3c2)c(-c2ccc(F)cc2)n1. The number of pyridine rings is 1. The van der Waals surface area contributed by atoms with E-state index in [1.54, 1.807) is 18.3 Å². The van der Waals surface area contributed by atoms with Gasteiger partial charge in [-0.2, -0.15) is 0 Å². The second-order valence-corrected chi connectivity index (χ2v) is 5.41. The third kappa shape index (κ3) is 2.56. The number of nitrogen functional groups attached to an aromatic ring is 1. The van der Waals surface area contributed by atoms with Crippen molar-refractivity contribution in [1.29, 1.82) is 0 Å². The lowest BCUT2D eigenvalue weighted by molar-refractivity contribution is 0.628. The maximum atomic E-state index is 13.2. The third-order valence-corrected chi connectivity index (χ3v) is 3.79. The maximum absolute atomic E-state index is 13.2. The van der Waals surface area contributed by atoms with E-state index in [0.717, 1.165) is 22.0 Å². The minimum absolute atomic E-state index is 0.297. The lowest BCUT2D eigenvalue weighted by atomic mass is 10.0. The van der Waals surface area contributed by atoms with E-state index in [2.05, 4.69) is 15.0 Å². The van der Waals surface area contributed by atoms with Gasteiger partial charge in [0.2, 0.25) is 0 Å². The Morgan fingerprint density at radius 2 is 1.62 bits per heavy atom. The van der Waals surface area contributed by atoms with Gasteiger partial charge in [0, 0.05) is 22.7 Å². The van der Waals surface area contributed by atoms with Crippen molar-refractivity contribution in [2.75, 3.05) is 5.73 Å². The quantitative estimate of drug-likeness (QED) is 0.605.